The summed E-state index contributed by atoms with van der Waals surface area (Å²) in [5.41, 5.74) is 0.705. The number of carbonyl (C=O) groups is 1. The zero-order valence-corrected chi connectivity index (χ0v) is 13.0. The van der Waals surface area contributed by atoms with Gasteiger partial charge in [0.15, 0.2) is 0 Å². The molecule has 0 fully saturated rings. The Balaban J connectivity index is 2.47. The standard InChI is InChI=1S/C13H13BrINO/c1-2-3-4-5-8-16-13(17)11-9-10(14)6-7-12(11)15/h1,6-7,9H,3-5,8H2,(H,16,17). The van der Waals surface area contributed by atoms with Crippen molar-refractivity contribution >= 4 is 44.4 Å². The minimum Gasteiger partial charge on any atom is -0.352 e. The van der Waals surface area contributed by atoms with Gasteiger partial charge in [0, 0.05) is 21.0 Å². The highest BCUT2D eigenvalue weighted by molar-refractivity contribution is 14.1. The summed E-state index contributed by atoms with van der Waals surface area (Å²) >= 11 is 5.52. The normalized spacial score (nSPS) is 9.71. The molecule has 0 bridgehead atoms. The van der Waals surface area contributed by atoms with E-state index < -0.39 is 0 Å². The largest absolute Gasteiger partial charge is 0.352 e. The van der Waals surface area contributed by atoms with Crippen molar-refractivity contribution in [2.45, 2.75) is 19.3 Å². The number of nitrogens with one attached hydrogen (secondary N) is 1. The topological polar surface area (TPSA) is 29.1 Å². The number of hydrogen-bond acceptors (Lipinski definition) is 1. The maximum absolute atomic E-state index is 11.9. The van der Waals surface area contributed by atoms with Crippen molar-refractivity contribution in [1.82, 2.24) is 5.32 Å². The molecule has 0 unspecified atom stereocenters. The lowest BCUT2D eigenvalue weighted by Crippen LogP contribution is -2.25. The van der Waals surface area contributed by atoms with Gasteiger partial charge < -0.3 is 5.32 Å². The molecule has 0 aliphatic rings. The summed E-state index contributed by atoms with van der Waals surface area (Å²) in [5.74, 6) is 2.55. The summed E-state index contributed by atoms with van der Waals surface area (Å²) in [6.07, 6.45) is 7.79. The average molecular weight is 406 g/mol. The third kappa shape index (κ3) is 5.09. The molecule has 0 saturated carbocycles. The Morgan fingerprint density at radius 3 is 2.94 bits per heavy atom. The summed E-state index contributed by atoms with van der Waals surface area (Å²) in [5, 5.41) is 2.89. The van der Waals surface area contributed by atoms with Crippen LogP contribution < -0.4 is 5.32 Å². The lowest BCUT2D eigenvalue weighted by atomic mass is 10.2. The van der Waals surface area contributed by atoms with Crippen molar-refractivity contribution in [3.63, 3.8) is 0 Å². The van der Waals surface area contributed by atoms with Crippen LogP contribution in [0.5, 0.6) is 0 Å². The molecule has 17 heavy (non-hydrogen) atoms. The second kappa shape index (κ2) is 7.72. The number of hydrogen-bond donors (Lipinski definition) is 1. The summed E-state index contributed by atoms with van der Waals surface area (Å²) in [4.78, 5) is 11.9. The summed E-state index contributed by atoms with van der Waals surface area (Å²) in [6, 6.07) is 5.67. The second-order valence-electron chi connectivity index (χ2n) is 3.54. The Labute approximate surface area is 124 Å². The number of unbranched alkanes of at least 4 members (excludes halogenated alkanes) is 2. The van der Waals surface area contributed by atoms with Crippen LogP contribution >= 0.6 is 38.5 Å². The quantitative estimate of drug-likeness (QED) is 0.452. The highest BCUT2D eigenvalue weighted by atomic mass is 127. The van der Waals surface area contributed by atoms with Crippen LogP contribution in [0.15, 0.2) is 22.7 Å². The number of terminal acetylenes is 1. The van der Waals surface area contributed by atoms with Crippen LogP contribution in [0.1, 0.15) is 29.6 Å². The van der Waals surface area contributed by atoms with E-state index in [1.165, 1.54) is 0 Å². The molecule has 1 rings (SSSR count). The van der Waals surface area contributed by atoms with E-state index in [1.54, 1.807) is 0 Å². The van der Waals surface area contributed by atoms with E-state index in [0.29, 0.717) is 12.1 Å². The van der Waals surface area contributed by atoms with Crippen LogP contribution in [-0.4, -0.2) is 12.5 Å². The SMILES string of the molecule is C#CCCCCNC(=O)c1cc(Br)ccc1I. The minimum atomic E-state index is -0.0311. The van der Waals surface area contributed by atoms with Crippen molar-refractivity contribution in [3.05, 3.63) is 31.8 Å². The molecule has 0 spiro atoms. The number of benzene rings is 1. The first kappa shape index (κ1) is 14.5. The first-order chi connectivity index (χ1) is 8.15. The molecule has 2 nitrogen and oxygen atoms in total. The highest BCUT2D eigenvalue weighted by Gasteiger charge is 2.09. The fourth-order valence-corrected chi connectivity index (χ4v) is 2.26. The lowest BCUT2D eigenvalue weighted by Gasteiger charge is -2.06. The van der Waals surface area contributed by atoms with E-state index in [0.717, 1.165) is 27.3 Å². The molecule has 0 aliphatic carbocycles. The van der Waals surface area contributed by atoms with Crippen LogP contribution in [0.2, 0.25) is 0 Å². The number of halogens is 2. The van der Waals surface area contributed by atoms with Crippen molar-refractivity contribution < 1.29 is 4.79 Å². The average Bonchev–Trinajstić information content (AvgIpc) is 2.32. The van der Waals surface area contributed by atoms with Gasteiger partial charge in [-0.15, -0.1) is 12.3 Å². The fraction of sp³-hybridized carbons (Fsp3) is 0.308. The summed E-state index contributed by atoms with van der Waals surface area (Å²) < 4.78 is 1.86. The first-order valence-electron chi connectivity index (χ1n) is 5.32. The maximum Gasteiger partial charge on any atom is 0.252 e. The van der Waals surface area contributed by atoms with Crippen LogP contribution in [-0.2, 0) is 0 Å². The van der Waals surface area contributed by atoms with E-state index in [4.69, 9.17) is 6.42 Å². The number of amides is 1. The van der Waals surface area contributed by atoms with Gasteiger partial charge in [0.1, 0.15) is 0 Å². The van der Waals surface area contributed by atoms with Gasteiger partial charge in [0.05, 0.1) is 5.56 Å². The van der Waals surface area contributed by atoms with Crippen molar-refractivity contribution in [2.24, 2.45) is 0 Å². The van der Waals surface area contributed by atoms with Crippen LogP contribution in [0.4, 0.5) is 0 Å². The van der Waals surface area contributed by atoms with Gasteiger partial charge in [-0.05, 0) is 53.6 Å². The predicted molar refractivity (Wildman–Crippen MR) is 81.9 cm³/mol. The number of carbonyl (C=O) groups excluding carboxylic acids is 1. The first-order valence-corrected chi connectivity index (χ1v) is 7.19. The van der Waals surface area contributed by atoms with Crippen LogP contribution in [0.25, 0.3) is 0 Å². The molecule has 1 aromatic carbocycles. The van der Waals surface area contributed by atoms with E-state index in [1.807, 2.05) is 18.2 Å². The van der Waals surface area contributed by atoms with E-state index in [9.17, 15) is 4.79 Å². The van der Waals surface area contributed by atoms with Gasteiger partial charge in [-0.2, -0.15) is 0 Å². The molecule has 0 radical (unpaired) electrons. The minimum absolute atomic E-state index is 0.0311. The molecule has 4 heteroatoms. The molecule has 1 amide bonds. The van der Waals surface area contributed by atoms with Gasteiger partial charge in [0.25, 0.3) is 5.91 Å². The van der Waals surface area contributed by atoms with E-state index in [2.05, 4.69) is 49.8 Å². The summed E-state index contributed by atoms with van der Waals surface area (Å²) in [7, 11) is 0. The van der Waals surface area contributed by atoms with Crippen molar-refractivity contribution in [1.29, 1.82) is 0 Å². The molecule has 1 N–H and O–H groups in total. The molecule has 0 atom stereocenters. The Hall–Kier alpha value is -0.540. The Morgan fingerprint density at radius 1 is 1.47 bits per heavy atom. The monoisotopic (exact) mass is 405 g/mol. The lowest BCUT2D eigenvalue weighted by molar-refractivity contribution is 0.0952. The Bertz CT molecular complexity index is 440. The van der Waals surface area contributed by atoms with Gasteiger partial charge in [-0.1, -0.05) is 15.9 Å². The van der Waals surface area contributed by atoms with Gasteiger partial charge in [-0.3, -0.25) is 4.79 Å². The van der Waals surface area contributed by atoms with Gasteiger partial charge >= 0.3 is 0 Å². The Morgan fingerprint density at radius 2 is 2.24 bits per heavy atom. The molecular formula is C13H13BrINO. The van der Waals surface area contributed by atoms with E-state index in [-0.39, 0.29) is 5.91 Å². The van der Waals surface area contributed by atoms with Gasteiger partial charge in [-0.25, -0.2) is 0 Å². The molecule has 0 heterocycles. The molecule has 90 valence electrons. The number of rotatable bonds is 5. The smallest absolute Gasteiger partial charge is 0.252 e. The Kier molecular flexibility index (Phi) is 6.60. The molecule has 0 saturated heterocycles. The predicted octanol–water partition coefficient (Wildman–Crippen LogP) is 3.59. The maximum atomic E-state index is 11.9. The van der Waals surface area contributed by atoms with Crippen molar-refractivity contribution in [3.8, 4) is 12.3 Å². The summed E-state index contributed by atoms with van der Waals surface area (Å²) in [6.45, 7) is 0.670. The van der Waals surface area contributed by atoms with Crippen molar-refractivity contribution in [2.75, 3.05) is 6.54 Å². The third-order valence-electron chi connectivity index (χ3n) is 2.21. The van der Waals surface area contributed by atoms with Crippen LogP contribution in [0, 0.1) is 15.9 Å². The zero-order valence-electron chi connectivity index (χ0n) is 9.30. The molecule has 0 aromatic heterocycles. The van der Waals surface area contributed by atoms with E-state index >= 15 is 0 Å². The van der Waals surface area contributed by atoms with Gasteiger partial charge in [0.2, 0.25) is 0 Å². The second-order valence-corrected chi connectivity index (χ2v) is 5.62. The van der Waals surface area contributed by atoms with Crippen LogP contribution in [0.3, 0.4) is 0 Å². The molecule has 0 aliphatic heterocycles. The molecule has 1 aromatic rings. The zero-order chi connectivity index (χ0) is 12.7. The molecular weight excluding hydrogens is 393 g/mol. The third-order valence-corrected chi connectivity index (χ3v) is 3.64. The fourth-order valence-electron chi connectivity index (χ4n) is 1.32. The highest BCUT2D eigenvalue weighted by Crippen LogP contribution is 2.18.